The molecule has 0 saturated heterocycles. The van der Waals surface area contributed by atoms with E-state index in [4.69, 9.17) is 15.0 Å². The summed E-state index contributed by atoms with van der Waals surface area (Å²) in [6.45, 7) is 4.69. The van der Waals surface area contributed by atoms with Gasteiger partial charge in [0.15, 0.2) is 5.82 Å². The van der Waals surface area contributed by atoms with E-state index in [-0.39, 0.29) is 5.41 Å². The Hall–Kier alpha value is -6.85. The van der Waals surface area contributed by atoms with Crippen molar-refractivity contribution in [1.82, 2.24) is 24.1 Å². The van der Waals surface area contributed by atoms with Crippen molar-refractivity contribution >= 4 is 43.6 Å². The molecule has 0 N–H and O–H groups in total. The van der Waals surface area contributed by atoms with E-state index in [1.165, 1.54) is 38.6 Å². The van der Waals surface area contributed by atoms with Crippen molar-refractivity contribution in [2.45, 2.75) is 19.3 Å². The zero-order valence-corrected chi connectivity index (χ0v) is 29.3. The molecule has 0 fully saturated rings. The van der Waals surface area contributed by atoms with Crippen LogP contribution in [0.25, 0.3) is 89.2 Å². The molecule has 0 amide bonds. The number of aromatic nitrogens is 5. The Labute approximate surface area is 306 Å². The Morgan fingerprint density at radius 1 is 0.396 bits per heavy atom. The molecule has 1 aliphatic carbocycles. The second kappa shape index (κ2) is 11.1. The summed E-state index contributed by atoms with van der Waals surface area (Å²) >= 11 is 0. The molecule has 5 nitrogen and oxygen atoms in total. The maximum Gasteiger partial charge on any atom is 0.240 e. The molecule has 250 valence electrons. The molecule has 53 heavy (non-hydrogen) atoms. The molecule has 0 saturated carbocycles. The number of rotatable bonds is 4. The molecule has 0 aliphatic heterocycles. The van der Waals surface area contributed by atoms with Crippen molar-refractivity contribution in [3.63, 3.8) is 0 Å². The number of nitrogens with zero attached hydrogens (tertiary/aromatic N) is 5. The first-order valence-electron chi connectivity index (χ1n) is 18.1. The molecule has 5 heteroatoms. The molecular weight excluding hydrogens is 647 g/mol. The van der Waals surface area contributed by atoms with Gasteiger partial charge in [-0.3, -0.25) is 9.13 Å². The lowest BCUT2D eigenvalue weighted by molar-refractivity contribution is 0.663. The fraction of sp³-hybridized carbons (Fsp3) is 0.0625. The third kappa shape index (κ3) is 4.28. The van der Waals surface area contributed by atoms with Crippen molar-refractivity contribution < 1.29 is 0 Å². The molecule has 10 aromatic rings. The van der Waals surface area contributed by atoms with E-state index >= 15 is 0 Å². The monoisotopic (exact) mass is 679 g/mol. The highest BCUT2D eigenvalue weighted by Crippen LogP contribution is 2.52. The van der Waals surface area contributed by atoms with Gasteiger partial charge in [-0.1, -0.05) is 159 Å². The summed E-state index contributed by atoms with van der Waals surface area (Å²) in [5.41, 5.74) is 12.5. The van der Waals surface area contributed by atoms with Gasteiger partial charge < -0.3 is 0 Å². The van der Waals surface area contributed by atoms with Crippen LogP contribution in [0.2, 0.25) is 0 Å². The van der Waals surface area contributed by atoms with E-state index in [2.05, 4.69) is 181 Å². The molecule has 0 radical (unpaired) electrons. The molecule has 0 atom stereocenters. The standard InChI is InChI=1S/C48H33N5/c1-48(2)39-20-10-6-16-33(39)37-28-29-38-36-19-9-13-23-42(36)53(44(38)43(37)48)47-50-45(32-26-24-31(25-27-32)30-14-4-3-5-15-30)49-46(51-47)52-40-21-11-7-17-34(40)35-18-8-12-22-41(35)52/h3-29H,1-2H3. The molecule has 3 aromatic heterocycles. The zero-order valence-electron chi connectivity index (χ0n) is 29.3. The highest BCUT2D eigenvalue weighted by molar-refractivity contribution is 6.13. The van der Waals surface area contributed by atoms with Gasteiger partial charge in [-0.05, 0) is 51.6 Å². The van der Waals surface area contributed by atoms with Crippen LogP contribution in [0, 0.1) is 0 Å². The molecular formula is C48H33N5. The molecule has 1 aliphatic rings. The number of fused-ring (bicyclic) bond motifs is 10. The van der Waals surface area contributed by atoms with Crippen LogP contribution in [0.3, 0.4) is 0 Å². The highest BCUT2D eigenvalue weighted by Gasteiger charge is 2.38. The molecule has 11 rings (SSSR count). The molecule has 3 heterocycles. The topological polar surface area (TPSA) is 48.5 Å². The van der Waals surface area contributed by atoms with Crippen LogP contribution in [-0.4, -0.2) is 24.1 Å². The third-order valence-electron chi connectivity index (χ3n) is 11.2. The fourth-order valence-electron chi connectivity index (χ4n) is 8.78. The van der Waals surface area contributed by atoms with Gasteiger partial charge in [-0.15, -0.1) is 0 Å². The lowest BCUT2D eigenvalue weighted by Gasteiger charge is -2.23. The van der Waals surface area contributed by atoms with E-state index in [9.17, 15) is 0 Å². The minimum absolute atomic E-state index is 0.240. The number of hydrogen-bond acceptors (Lipinski definition) is 3. The fourth-order valence-corrected chi connectivity index (χ4v) is 8.78. The first kappa shape index (κ1) is 29.8. The first-order chi connectivity index (χ1) is 26.1. The van der Waals surface area contributed by atoms with Gasteiger partial charge in [0.05, 0.1) is 22.1 Å². The highest BCUT2D eigenvalue weighted by atomic mass is 15.3. The molecule has 0 bridgehead atoms. The lowest BCUT2D eigenvalue weighted by atomic mass is 9.81. The van der Waals surface area contributed by atoms with Gasteiger partial charge in [0, 0.05) is 32.5 Å². The Morgan fingerprint density at radius 2 is 0.906 bits per heavy atom. The summed E-state index contributed by atoms with van der Waals surface area (Å²) < 4.78 is 4.48. The number of para-hydroxylation sites is 3. The maximum atomic E-state index is 5.44. The van der Waals surface area contributed by atoms with Crippen molar-refractivity contribution in [2.24, 2.45) is 0 Å². The van der Waals surface area contributed by atoms with E-state index in [1.54, 1.807) is 0 Å². The van der Waals surface area contributed by atoms with E-state index in [1.807, 2.05) is 6.07 Å². The van der Waals surface area contributed by atoms with Crippen LogP contribution in [0.4, 0.5) is 0 Å². The number of benzene rings is 7. The lowest BCUT2D eigenvalue weighted by Crippen LogP contribution is -2.17. The van der Waals surface area contributed by atoms with Gasteiger partial charge in [0.1, 0.15) is 0 Å². The van der Waals surface area contributed by atoms with Gasteiger partial charge >= 0.3 is 0 Å². The van der Waals surface area contributed by atoms with E-state index in [0.717, 1.165) is 44.0 Å². The summed E-state index contributed by atoms with van der Waals surface area (Å²) in [6, 6.07) is 58.1. The summed E-state index contributed by atoms with van der Waals surface area (Å²) in [6.07, 6.45) is 0. The first-order valence-corrected chi connectivity index (χ1v) is 18.1. The van der Waals surface area contributed by atoms with Crippen LogP contribution in [0.15, 0.2) is 164 Å². The van der Waals surface area contributed by atoms with Gasteiger partial charge in [-0.25, -0.2) is 0 Å². The maximum absolute atomic E-state index is 5.44. The Bertz CT molecular complexity index is 3020. The van der Waals surface area contributed by atoms with Crippen molar-refractivity contribution in [3.05, 3.63) is 175 Å². The van der Waals surface area contributed by atoms with E-state index in [0.29, 0.717) is 17.7 Å². The smallest absolute Gasteiger partial charge is 0.240 e. The predicted molar refractivity (Wildman–Crippen MR) is 217 cm³/mol. The zero-order chi connectivity index (χ0) is 35.3. The molecule has 7 aromatic carbocycles. The second-order valence-corrected chi connectivity index (χ2v) is 14.5. The Kier molecular flexibility index (Phi) is 6.23. The minimum atomic E-state index is -0.240. The summed E-state index contributed by atoms with van der Waals surface area (Å²) in [5.74, 6) is 1.79. The van der Waals surface area contributed by atoms with Crippen LogP contribution >= 0.6 is 0 Å². The molecule has 0 unspecified atom stereocenters. The van der Waals surface area contributed by atoms with Gasteiger partial charge in [0.2, 0.25) is 11.9 Å². The Morgan fingerprint density at radius 3 is 1.58 bits per heavy atom. The van der Waals surface area contributed by atoms with Crippen LogP contribution in [-0.2, 0) is 5.41 Å². The second-order valence-electron chi connectivity index (χ2n) is 14.5. The van der Waals surface area contributed by atoms with Gasteiger partial charge in [-0.2, -0.15) is 15.0 Å². The number of hydrogen-bond donors (Lipinski definition) is 0. The quantitative estimate of drug-likeness (QED) is 0.186. The normalized spacial score (nSPS) is 13.2. The average Bonchev–Trinajstić information content (AvgIpc) is 3.81. The van der Waals surface area contributed by atoms with Crippen molar-refractivity contribution in [3.8, 4) is 45.5 Å². The van der Waals surface area contributed by atoms with Gasteiger partial charge in [0.25, 0.3) is 0 Å². The third-order valence-corrected chi connectivity index (χ3v) is 11.2. The largest absolute Gasteiger partial charge is 0.278 e. The average molecular weight is 680 g/mol. The van der Waals surface area contributed by atoms with Crippen molar-refractivity contribution in [1.29, 1.82) is 0 Å². The van der Waals surface area contributed by atoms with Crippen LogP contribution < -0.4 is 0 Å². The predicted octanol–water partition coefficient (Wildman–Crippen LogP) is 11.7. The SMILES string of the molecule is CC1(C)c2ccccc2-c2ccc3c4ccccc4n(-c4nc(-c5ccc(-c6ccccc6)cc5)nc(-n5c6ccccc6c6ccccc65)n4)c3c21. The van der Waals surface area contributed by atoms with Crippen molar-refractivity contribution in [2.75, 3.05) is 0 Å². The summed E-state index contributed by atoms with van der Waals surface area (Å²) in [7, 11) is 0. The summed E-state index contributed by atoms with van der Waals surface area (Å²) in [4.78, 5) is 16.1. The minimum Gasteiger partial charge on any atom is -0.278 e. The Balaban J connectivity index is 1.24. The van der Waals surface area contributed by atoms with E-state index < -0.39 is 0 Å². The summed E-state index contributed by atoms with van der Waals surface area (Å²) in [5, 5.41) is 4.68. The molecule has 0 spiro atoms. The van der Waals surface area contributed by atoms with Crippen LogP contribution in [0.1, 0.15) is 25.0 Å². The van der Waals surface area contributed by atoms with Crippen LogP contribution in [0.5, 0.6) is 0 Å².